The van der Waals surface area contributed by atoms with Gasteiger partial charge < -0.3 is 20.1 Å². The van der Waals surface area contributed by atoms with Crippen LogP contribution in [0.1, 0.15) is 23.1 Å². The van der Waals surface area contributed by atoms with E-state index in [-0.39, 0.29) is 12.6 Å². The summed E-state index contributed by atoms with van der Waals surface area (Å²) in [6.45, 7) is 2.38. The number of esters is 1. The van der Waals surface area contributed by atoms with Gasteiger partial charge in [-0.1, -0.05) is 0 Å². The molecule has 0 aliphatic heterocycles. The molecule has 8 nitrogen and oxygen atoms in total. The van der Waals surface area contributed by atoms with E-state index in [1.165, 1.54) is 0 Å². The monoisotopic (exact) mass is 317 g/mol. The van der Waals surface area contributed by atoms with E-state index >= 15 is 0 Å². The summed E-state index contributed by atoms with van der Waals surface area (Å²) < 4.78 is 10.5. The predicted molar refractivity (Wildman–Crippen MR) is 85.3 cm³/mol. The van der Waals surface area contributed by atoms with E-state index in [1.807, 2.05) is 6.92 Å². The van der Waals surface area contributed by atoms with Crippen molar-refractivity contribution in [1.82, 2.24) is 15.0 Å². The number of nitrogens with two attached hydrogens (primary N) is 1. The highest BCUT2D eigenvalue weighted by atomic mass is 16.5. The SMILES string of the molecule is CCOc1ccc(C(=O)OCc2nc(N)nc(N(C)C)n2)cc1. The van der Waals surface area contributed by atoms with Crippen molar-refractivity contribution in [2.75, 3.05) is 31.3 Å². The molecule has 0 aliphatic carbocycles. The minimum Gasteiger partial charge on any atom is -0.494 e. The Kier molecular flexibility index (Phi) is 5.29. The van der Waals surface area contributed by atoms with Crippen LogP contribution in [0.5, 0.6) is 5.75 Å². The number of rotatable bonds is 6. The molecular formula is C15H19N5O3. The highest BCUT2D eigenvalue weighted by Crippen LogP contribution is 2.13. The molecule has 0 saturated heterocycles. The summed E-state index contributed by atoms with van der Waals surface area (Å²) in [6, 6.07) is 6.71. The number of hydrogen-bond acceptors (Lipinski definition) is 8. The third-order valence-corrected chi connectivity index (χ3v) is 2.82. The predicted octanol–water partition coefficient (Wildman–Crippen LogP) is 1.28. The van der Waals surface area contributed by atoms with Crippen molar-refractivity contribution >= 4 is 17.9 Å². The summed E-state index contributed by atoms with van der Waals surface area (Å²) in [5.41, 5.74) is 6.04. The van der Waals surface area contributed by atoms with Gasteiger partial charge in [-0.2, -0.15) is 15.0 Å². The molecule has 0 aliphatic rings. The Hall–Kier alpha value is -2.90. The topological polar surface area (TPSA) is 103 Å². The van der Waals surface area contributed by atoms with Gasteiger partial charge in [0.25, 0.3) is 0 Å². The van der Waals surface area contributed by atoms with E-state index < -0.39 is 5.97 Å². The number of ether oxygens (including phenoxy) is 2. The first-order valence-corrected chi connectivity index (χ1v) is 7.07. The number of anilines is 2. The van der Waals surface area contributed by atoms with Crippen LogP contribution in [0.15, 0.2) is 24.3 Å². The molecule has 0 radical (unpaired) electrons. The van der Waals surface area contributed by atoms with Gasteiger partial charge in [0.1, 0.15) is 5.75 Å². The molecule has 0 amide bonds. The standard InChI is InChI=1S/C15H19N5O3/c1-4-22-11-7-5-10(6-8-11)13(21)23-9-12-17-14(16)19-15(18-12)20(2)3/h5-8H,4,9H2,1-3H3,(H2,16,17,18,19). The van der Waals surface area contributed by atoms with Crippen LogP contribution in [0.2, 0.25) is 0 Å². The van der Waals surface area contributed by atoms with Gasteiger partial charge >= 0.3 is 5.97 Å². The van der Waals surface area contributed by atoms with Crippen molar-refractivity contribution in [3.63, 3.8) is 0 Å². The van der Waals surface area contributed by atoms with E-state index in [9.17, 15) is 4.79 Å². The lowest BCUT2D eigenvalue weighted by molar-refractivity contribution is 0.0462. The minimum absolute atomic E-state index is 0.0795. The Bertz CT molecular complexity index is 673. The molecule has 2 aromatic rings. The van der Waals surface area contributed by atoms with Gasteiger partial charge in [0.15, 0.2) is 12.4 Å². The number of nitrogens with zero attached hydrogens (tertiary/aromatic N) is 4. The summed E-state index contributed by atoms with van der Waals surface area (Å²) in [4.78, 5) is 25.8. The summed E-state index contributed by atoms with van der Waals surface area (Å²) in [7, 11) is 3.56. The average molecular weight is 317 g/mol. The quantitative estimate of drug-likeness (QED) is 0.795. The fraction of sp³-hybridized carbons (Fsp3) is 0.333. The number of carbonyl (C=O) groups excluding carboxylic acids is 1. The van der Waals surface area contributed by atoms with Crippen LogP contribution in [-0.4, -0.2) is 41.6 Å². The normalized spacial score (nSPS) is 10.2. The van der Waals surface area contributed by atoms with Crippen LogP contribution in [0, 0.1) is 0 Å². The summed E-state index contributed by atoms with van der Waals surface area (Å²) in [6.07, 6.45) is 0. The fourth-order valence-electron chi connectivity index (χ4n) is 1.76. The van der Waals surface area contributed by atoms with Crippen LogP contribution in [0.25, 0.3) is 0 Å². The Labute approximate surface area is 134 Å². The second kappa shape index (κ2) is 7.39. The van der Waals surface area contributed by atoms with Crippen LogP contribution in [0.4, 0.5) is 11.9 Å². The number of benzene rings is 1. The molecule has 122 valence electrons. The molecule has 0 bridgehead atoms. The van der Waals surface area contributed by atoms with Gasteiger partial charge in [-0.05, 0) is 31.2 Å². The van der Waals surface area contributed by atoms with Gasteiger partial charge in [-0.3, -0.25) is 0 Å². The van der Waals surface area contributed by atoms with Gasteiger partial charge in [-0.25, -0.2) is 4.79 Å². The van der Waals surface area contributed by atoms with Gasteiger partial charge in [0.05, 0.1) is 12.2 Å². The highest BCUT2D eigenvalue weighted by Gasteiger charge is 2.11. The van der Waals surface area contributed by atoms with Crippen LogP contribution in [-0.2, 0) is 11.3 Å². The number of nitrogen functional groups attached to an aromatic ring is 1. The first kappa shape index (κ1) is 16.5. The largest absolute Gasteiger partial charge is 0.494 e. The zero-order chi connectivity index (χ0) is 16.8. The molecule has 8 heteroatoms. The molecule has 0 fully saturated rings. The van der Waals surface area contributed by atoms with Gasteiger partial charge in [0.2, 0.25) is 11.9 Å². The maximum atomic E-state index is 12.0. The maximum Gasteiger partial charge on any atom is 0.338 e. The Morgan fingerprint density at radius 1 is 1.17 bits per heavy atom. The van der Waals surface area contributed by atoms with E-state index in [0.717, 1.165) is 0 Å². The lowest BCUT2D eigenvalue weighted by Crippen LogP contribution is -2.17. The first-order valence-electron chi connectivity index (χ1n) is 7.07. The average Bonchev–Trinajstić information content (AvgIpc) is 2.53. The van der Waals surface area contributed by atoms with Crippen molar-refractivity contribution in [3.8, 4) is 5.75 Å². The number of hydrogen-bond donors (Lipinski definition) is 1. The van der Waals surface area contributed by atoms with Crippen molar-refractivity contribution in [3.05, 3.63) is 35.7 Å². The molecule has 0 saturated carbocycles. The lowest BCUT2D eigenvalue weighted by atomic mass is 10.2. The van der Waals surface area contributed by atoms with E-state index in [1.54, 1.807) is 43.3 Å². The highest BCUT2D eigenvalue weighted by molar-refractivity contribution is 5.89. The molecule has 0 unspecified atom stereocenters. The molecule has 1 heterocycles. The van der Waals surface area contributed by atoms with Crippen LogP contribution >= 0.6 is 0 Å². The molecule has 0 spiro atoms. The van der Waals surface area contributed by atoms with E-state index in [0.29, 0.717) is 29.7 Å². The third-order valence-electron chi connectivity index (χ3n) is 2.82. The van der Waals surface area contributed by atoms with Crippen LogP contribution in [0.3, 0.4) is 0 Å². The second-order valence-corrected chi connectivity index (χ2v) is 4.84. The third kappa shape index (κ3) is 4.53. The van der Waals surface area contributed by atoms with Gasteiger partial charge in [-0.15, -0.1) is 0 Å². The van der Waals surface area contributed by atoms with Crippen molar-refractivity contribution < 1.29 is 14.3 Å². The van der Waals surface area contributed by atoms with Crippen molar-refractivity contribution in [1.29, 1.82) is 0 Å². The minimum atomic E-state index is -0.474. The zero-order valence-electron chi connectivity index (χ0n) is 13.3. The zero-order valence-corrected chi connectivity index (χ0v) is 13.3. The molecule has 1 aromatic heterocycles. The number of aromatic nitrogens is 3. The van der Waals surface area contributed by atoms with E-state index in [4.69, 9.17) is 15.2 Å². The Morgan fingerprint density at radius 2 is 1.87 bits per heavy atom. The first-order chi connectivity index (χ1) is 11.0. The fourth-order valence-corrected chi connectivity index (χ4v) is 1.76. The lowest BCUT2D eigenvalue weighted by Gasteiger charge is -2.11. The summed E-state index contributed by atoms with van der Waals surface area (Å²) in [5.74, 6) is 1.00. The molecule has 2 N–H and O–H groups in total. The Morgan fingerprint density at radius 3 is 2.48 bits per heavy atom. The maximum absolute atomic E-state index is 12.0. The molecule has 2 rings (SSSR count). The van der Waals surface area contributed by atoms with Crippen LogP contribution < -0.4 is 15.4 Å². The summed E-state index contributed by atoms with van der Waals surface area (Å²) in [5, 5.41) is 0. The van der Waals surface area contributed by atoms with Gasteiger partial charge in [0, 0.05) is 14.1 Å². The molecule has 23 heavy (non-hydrogen) atoms. The molecule has 1 aromatic carbocycles. The van der Waals surface area contributed by atoms with E-state index in [2.05, 4.69) is 15.0 Å². The molecular weight excluding hydrogens is 298 g/mol. The molecule has 0 atom stereocenters. The summed E-state index contributed by atoms with van der Waals surface area (Å²) >= 11 is 0. The smallest absolute Gasteiger partial charge is 0.338 e. The number of carbonyl (C=O) groups is 1. The van der Waals surface area contributed by atoms with Crippen molar-refractivity contribution in [2.24, 2.45) is 0 Å². The Balaban J connectivity index is 2.01. The van der Waals surface area contributed by atoms with Crippen molar-refractivity contribution in [2.45, 2.75) is 13.5 Å². The second-order valence-electron chi connectivity index (χ2n) is 4.84.